The summed E-state index contributed by atoms with van der Waals surface area (Å²) >= 11 is 0. The molecule has 4 N–H and O–H groups in total. The van der Waals surface area contributed by atoms with Crippen molar-refractivity contribution in [2.24, 2.45) is 5.73 Å². The Hall–Kier alpha value is -1.01. The Morgan fingerprint density at radius 1 is 1.47 bits per heavy atom. The first-order chi connectivity index (χ1) is 8.52. The molecular formula is C12H25ClN4O2. The summed E-state index contributed by atoms with van der Waals surface area (Å²) in [5.74, 6) is 0.0232. The molecule has 112 valence electrons. The Bertz CT molecular complexity index is 299. The van der Waals surface area contributed by atoms with Crippen LogP contribution in [0.2, 0.25) is 0 Å². The SMILES string of the molecule is CCNC(=O)N1CCC(NC(=O)CCC(C)N)C1.Cl. The van der Waals surface area contributed by atoms with Crippen molar-refractivity contribution in [3.63, 3.8) is 0 Å². The van der Waals surface area contributed by atoms with Gasteiger partial charge in [-0.3, -0.25) is 4.79 Å². The molecule has 0 spiro atoms. The average Bonchev–Trinajstić information content (AvgIpc) is 2.75. The van der Waals surface area contributed by atoms with Gasteiger partial charge in [-0.1, -0.05) is 0 Å². The Balaban J connectivity index is 0.00000324. The largest absolute Gasteiger partial charge is 0.352 e. The monoisotopic (exact) mass is 292 g/mol. The minimum atomic E-state index is -0.0511. The van der Waals surface area contributed by atoms with Crippen molar-refractivity contribution in [2.75, 3.05) is 19.6 Å². The molecule has 1 saturated heterocycles. The number of carbonyl (C=O) groups excluding carboxylic acids is 2. The summed E-state index contributed by atoms with van der Waals surface area (Å²) in [4.78, 5) is 24.9. The predicted octanol–water partition coefficient (Wildman–Crippen LogP) is 0.456. The number of hydrogen-bond acceptors (Lipinski definition) is 3. The second-order valence-electron chi connectivity index (χ2n) is 4.85. The van der Waals surface area contributed by atoms with Gasteiger partial charge >= 0.3 is 6.03 Å². The van der Waals surface area contributed by atoms with Gasteiger partial charge in [0.1, 0.15) is 0 Å². The molecule has 7 heteroatoms. The van der Waals surface area contributed by atoms with E-state index in [2.05, 4.69) is 10.6 Å². The third-order valence-corrected chi connectivity index (χ3v) is 3.00. The highest BCUT2D eigenvalue weighted by atomic mass is 35.5. The van der Waals surface area contributed by atoms with E-state index < -0.39 is 0 Å². The van der Waals surface area contributed by atoms with Gasteiger partial charge in [-0.15, -0.1) is 12.4 Å². The van der Waals surface area contributed by atoms with Crippen molar-refractivity contribution in [1.29, 1.82) is 0 Å². The van der Waals surface area contributed by atoms with Crippen LogP contribution >= 0.6 is 12.4 Å². The number of amides is 3. The lowest BCUT2D eigenvalue weighted by Crippen LogP contribution is -2.42. The van der Waals surface area contributed by atoms with Gasteiger partial charge < -0.3 is 21.3 Å². The van der Waals surface area contributed by atoms with Crippen LogP contribution in [-0.2, 0) is 4.79 Å². The smallest absolute Gasteiger partial charge is 0.317 e. The minimum absolute atomic E-state index is 0. The molecule has 1 aliphatic heterocycles. The molecule has 2 atom stereocenters. The summed E-state index contributed by atoms with van der Waals surface area (Å²) in [6.07, 6.45) is 1.97. The second kappa shape index (κ2) is 8.98. The third-order valence-electron chi connectivity index (χ3n) is 3.00. The maximum absolute atomic E-state index is 11.6. The summed E-state index contributed by atoms with van der Waals surface area (Å²) in [7, 11) is 0. The highest BCUT2D eigenvalue weighted by molar-refractivity contribution is 5.85. The van der Waals surface area contributed by atoms with Crippen LogP contribution in [0.1, 0.15) is 33.1 Å². The number of rotatable bonds is 5. The molecule has 1 heterocycles. The van der Waals surface area contributed by atoms with Crippen molar-refractivity contribution >= 4 is 24.3 Å². The van der Waals surface area contributed by atoms with Crippen LogP contribution in [0.25, 0.3) is 0 Å². The van der Waals surface area contributed by atoms with E-state index in [0.29, 0.717) is 32.5 Å². The summed E-state index contributed by atoms with van der Waals surface area (Å²) in [6, 6.07) is 0.0733. The van der Waals surface area contributed by atoms with Crippen LogP contribution in [0.15, 0.2) is 0 Å². The number of hydrogen-bond donors (Lipinski definition) is 3. The van der Waals surface area contributed by atoms with Crippen LogP contribution in [0, 0.1) is 0 Å². The van der Waals surface area contributed by atoms with Crippen LogP contribution in [0.5, 0.6) is 0 Å². The van der Waals surface area contributed by atoms with Crippen LogP contribution in [0.3, 0.4) is 0 Å². The predicted molar refractivity (Wildman–Crippen MR) is 77.3 cm³/mol. The molecule has 0 radical (unpaired) electrons. The number of halogens is 1. The lowest BCUT2D eigenvalue weighted by Gasteiger charge is -2.17. The average molecular weight is 293 g/mol. The van der Waals surface area contributed by atoms with Crippen LogP contribution < -0.4 is 16.4 Å². The fourth-order valence-electron chi connectivity index (χ4n) is 1.98. The molecule has 0 aromatic heterocycles. The van der Waals surface area contributed by atoms with Gasteiger partial charge in [0.25, 0.3) is 0 Å². The molecule has 1 aliphatic rings. The number of likely N-dealkylation sites (tertiary alicyclic amines) is 1. The topological polar surface area (TPSA) is 87.5 Å². The zero-order valence-corrected chi connectivity index (χ0v) is 12.5. The summed E-state index contributed by atoms with van der Waals surface area (Å²) < 4.78 is 0. The lowest BCUT2D eigenvalue weighted by molar-refractivity contribution is -0.121. The highest BCUT2D eigenvalue weighted by Crippen LogP contribution is 2.09. The van der Waals surface area contributed by atoms with E-state index in [9.17, 15) is 9.59 Å². The first-order valence-electron chi connectivity index (χ1n) is 6.60. The maximum Gasteiger partial charge on any atom is 0.317 e. The van der Waals surface area contributed by atoms with E-state index >= 15 is 0 Å². The number of urea groups is 1. The molecule has 1 fully saturated rings. The van der Waals surface area contributed by atoms with Crippen molar-refractivity contribution in [3.05, 3.63) is 0 Å². The molecule has 1 rings (SSSR count). The zero-order chi connectivity index (χ0) is 13.5. The molecule has 0 saturated carbocycles. The van der Waals surface area contributed by atoms with E-state index in [1.807, 2.05) is 13.8 Å². The summed E-state index contributed by atoms with van der Waals surface area (Å²) in [6.45, 7) is 5.70. The van der Waals surface area contributed by atoms with Crippen molar-refractivity contribution in [3.8, 4) is 0 Å². The Labute approximate surface area is 120 Å². The van der Waals surface area contributed by atoms with Gasteiger partial charge in [-0.05, 0) is 26.7 Å². The van der Waals surface area contributed by atoms with E-state index in [-0.39, 0.29) is 36.4 Å². The number of nitrogens with zero attached hydrogens (tertiary/aromatic N) is 1. The van der Waals surface area contributed by atoms with Crippen molar-refractivity contribution in [2.45, 2.75) is 45.2 Å². The molecule has 0 bridgehead atoms. The maximum atomic E-state index is 11.6. The van der Waals surface area contributed by atoms with Crippen molar-refractivity contribution < 1.29 is 9.59 Å². The minimum Gasteiger partial charge on any atom is -0.352 e. The van der Waals surface area contributed by atoms with Gasteiger partial charge in [0.2, 0.25) is 5.91 Å². The third kappa shape index (κ3) is 6.63. The number of nitrogens with two attached hydrogens (primary N) is 1. The molecule has 19 heavy (non-hydrogen) atoms. The number of nitrogens with one attached hydrogen (secondary N) is 2. The van der Waals surface area contributed by atoms with Crippen molar-refractivity contribution in [1.82, 2.24) is 15.5 Å². The quantitative estimate of drug-likeness (QED) is 0.688. The normalized spacial score (nSPS) is 19.5. The van der Waals surface area contributed by atoms with Crippen LogP contribution in [-0.4, -0.2) is 48.6 Å². The van der Waals surface area contributed by atoms with Gasteiger partial charge in [0.15, 0.2) is 0 Å². The Morgan fingerprint density at radius 3 is 2.74 bits per heavy atom. The van der Waals surface area contributed by atoms with Gasteiger partial charge in [-0.2, -0.15) is 0 Å². The molecule has 2 unspecified atom stereocenters. The van der Waals surface area contributed by atoms with Gasteiger partial charge in [0, 0.05) is 38.1 Å². The number of carbonyl (C=O) groups is 2. The summed E-state index contributed by atoms with van der Waals surface area (Å²) in [5, 5.41) is 5.70. The molecule has 6 nitrogen and oxygen atoms in total. The fourth-order valence-corrected chi connectivity index (χ4v) is 1.98. The van der Waals surface area contributed by atoms with Gasteiger partial charge in [0.05, 0.1) is 0 Å². The molecule has 3 amide bonds. The summed E-state index contributed by atoms with van der Waals surface area (Å²) in [5.41, 5.74) is 5.60. The first kappa shape index (κ1) is 18.0. The second-order valence-corrected chi connectivity index (χ2v) is 4.85. The molecular weight excluding hydrogens is 268 g/mol. The van der Waals surface area contributed by atoms with Gasteiger partial charge in [-0.25, -0.2) is 4.79 Å². The van der Waals surface area contributed by atoms with E-state index in [4.69, 9.17) is 5.73 Å². The lowest BCUT2D eigenvalue weighted by atomic mass is 10.2. The molecule has 0 aromatic rings. The van der Waals surface area contributed by atoms with Crippen LogP contribution in [0.4, 0.5) is 4.79 Å². The Morgan fingerprint density at radius 2 is 2.16 bits per heavy atom. The van der Waals surface area contributed by atoms with E-state index in [1.54, 1.807) is 4.90 Å². The zero-order valence-electron chi connectivity index (χ0n) is 11.6. The fraction of sp³-hybridized carbons (Fsp3) is 0.833. The molecule has 0 aromatic carbocycles. The standard InChI is InChI=1S/C12H24N4O2.ClH/c1-3-14-12(18)16-7-6-10(8-16)15-11(17)5-4-9(2)13;/h9-10H,3-8,13H2,1-2H3,(H,14,18)(H,15,17);1H. The van der Waals surface area contributed by atoms with E-state index in [0.717, 1.165) is 6.42 Å². The highest BCUT2D eigenvalue weighted by Gasteiger charge is 2.26. The Kier molecular flexibility index (Phi) is 8.51. The molecule has 0 aliphatic carbocycles. The first-order valence-corrected chi connectivity index (χ1v) is 6.60. The van der Waals surface area contributed by atoms with E-state index in [1.165, 1.54) is 0 Å².